The summed E-state index contributed by atoms with van der Waals surface area (Å²) in [6.07, 6.45) is 4.13. The predicted octanol–water partition coefficient (Wildman–Crippen LogP) is 3.15. The fourth-order valence-corrected chi connectivity index (χ4v) is 2.55. The van der Waals surface area contributed by atoms with Gasteiger partial charge in [0.15, 0.2) is 0 Å². The van der Waals surface area contributed by atoms with Gasteiger partial charge in [0.1, 0.15) is 0 Å². The highest BCUT2D eigenvalue weighted by atomic mass is 14.9. The minimum atomic E-state index is 0.520. The molecule has 1 aliphatic carbocycles. The second-order valence-corrected chi connectivity index (χ2v) is 4.85. The van der Waals surface area contributed by atoms with E-state index in [1.54, 1.807) is 0 Å². The molecule has 0 saturated heterocycles. The van der Waals surface area contributed by atoms with Crippen molar-refractivity contribution in [2.24, 2.45) is 5.92 Å². The van der Waals surface area contributed by atoms with E-state index in [-0.39, 0.29) is 0 Å². The van der Waals surface area contributed by atoms with Crippen molar-refractivity contribution >= 4 is 0 Å². The lowest BCUT2D eigenvalue weighted by Crippen LogP contribution is -2.32. The number of hydrogen-bond acceptors (Lipinski definition) is 2. The van der Waals surface area contributed by atoms with Gasteiger partial charge in [-0.15, -0.1) is 0 Å². The molecule has 0 bridgehead atoms. The van der Waals surface area contributed by atoms with Crippen molar-refractivity contribution in [2.75, 3.05) is 6.54 Å². The molecule has 0 aromatic carbocycles. The average Bonchev–Trinajstić information content (AvgIpc) is 2.14. The fourth-order valence-electron chi connectivity index (χ4n) is 2.55. The first kappa shape index (κ1) is 11.6. The number of aryl methyl sites for hydroxylation is 2. The third-order valence-electron chi connectivity index (χ3n) is 3.65. The van der Waals surface area contributed by atoms with Crippen molar-refractivity contribution < 1.29 is 0 Å². The molecule has 1 fully saturated rings. The Morgan fingerprint density at radius 2 is 2.12 bits per heavy atom. The maximum Gasteiger partial charge on any atom is 0.0423 e. The number of pyridine rings is 1. The quantitative estimate of drug-likeness (QED) is 0.839. The van der Waals surface area contributed by atoms with E-state index >= 15 is 0 Å². The summed E-state index contributed by atoms with van der Waals surface area (Å²) in [6.45, 7) is 7.41. The number of aromatic nitrogens is 1. The van der Waals surface area contributed by atoms with Crippen molar-refractivity contribution in [2.45, 2.75) is 46.1 Å². The van der Waals surface area contributed by atoms with Crippen LogP contribution < -0.4 is 5.32 Å². The van der Waals surface area contributed by atoms with E-state index in [4.69, 9.17) is 0 Å². The Hall–Kier alpha value is -0.890. The lowest BCUT2D eigenvalue weighted by atomic mass is 9.77. The highest BCUT2D eigenvalue weighted by Gasteiger charge is 2.28. The van der Waals surface area contributed by atoms with Gasteiger partial charge in [-0.2, -0.15) is 0 Å². The monoisotopic (exact) mass is 218 g/mol. The minimum absolute atomic E-state index is 0.520. The predicted molar refractivity (Wildman–Crippen MR) is 67.5 cm³/mol. The molecule has 1 unspecified atom stereocenters. The van der Waals surface area contributed by atoms with E-state index in [1.807, 2.05) is 0 Å². The smallest absolute Gasteiger partial charge is 0.0423 e. The molecule has 1 aliphatic rings. The zero-order valence-electron chi connectivity index (χ0n) is 10.6. The normalized spacial score (nSPS) is 18.2. The topological polar surface area (TPSA) is 24.9 Å². The number of rotatable bonds is 4. The number of nitrogens with one attached hydrogen (secondary N) is 1. The van der Waals surface area contributed by atoms with Gasteiger partial charge in [-0.3, -0.25) is 4.98 Å². The van der Waals surface area contributed by atoms with Crippen molar-refractivity contribution in [3.63, 3.8) is 0 Å². The summed E-state index contributed by atoms with van der Waals surface area (Å²) in [5.74, 6) is 0.822. The first-order chi connectivity index (χ1) is 7.72. The molecule has 88 valence electrons. The van der Waals surface area contributed by atoms with Crippen LogP contribution >= 0.6 is 0 Å². The summed E-state index contributed by atoms with van der Waals surface area (Å²) in [4.78, 5) is 4.58. The maximum atomic E-state index is 4.58. The van der Waals surface area contributed by atoms with Crippen molar-refractivity contribution in [1.82, 2.24) is 10.3 Å². The molecular formula is C14H22N2. The van der Waals surface area contributed by atoms with Gasteiger partial charge in [0.2, 0.25) is 0 Å². The summed E-state index contributed by atoms with van der Waals surface area (Å²) in [6, 6.07) is 4.90. The molecule has 0 amide bonds. The Labute approximate surface area is 98.5 Å². The van der Waals surface area contributed by atoms with Crippen LogP contribution in [0, 0.1) is 19.8 Å². The van der Waals surface area contributed by atoms with E-state index in [2.05, 4.69) is 43.2 Å². The minimum Gasteiger partial charge on any atom is -0.310 e. The van der Waals surface area contributed by atoms with Gasteiger partial charge in [-0.25, -0.2) is 0 Å². The molecule has 1 N–H and O–H groups in total. The van der Waals surface area contributed by atoms with Crippen molar-refractivity contribution in [3.8, 4) is 0 Å². The number of nitrogens with zero attached hydrogens (tertiary/aromatic N) is 1. The zero-order chi connectivity index (χ0) is 11.5. The lowest BCUT2D eigenvalue weighted by molar-refractivity contribution is 0.232. The summed E-state index contributed by atoms with van der Waals surface area (Å²) < 4.78 is 0. The van der Waals surface area contributed by atoms with Crippen LogP contribution in [0.2, 0.25) is 0 Å². The highest BCUT2D eigenvalue weighted by molar-refractivity contribution is 5.26. The molecule has 2 nitrogen and oxygen atoms in total. The average molecular weight is 218 g/mol. The third-order valence-corrected chi connectivity index (χ3v) is 3.65. The lowest BCUT2D eigenvalue weighted by Gasteiger charge is -2.35. The van der Waals surface area contributed by atoms with E-state index in [0.29, 0.717) is 6.04 Å². The van der Waals surface area contributed by atoms with E-state index in [1.165, 1.54) is 30.5 Å². The molecule has 1 heterocycles. The summed E-state index contributed by atoms with van der Waals surface area (Å²) in [5, 5.41) is 3.62. The molecule has 0 spiro atoms. The van der Waals surface area contributed by atoms with Crippen LogP contribution in [-0.4, -0.2) is 11.5 Å². The second-order valence-electron chi connectivity index (χ2n) is 4.85. The summed E-state index contributed by atoms with van der Waals surface area (Å²) >= 11 is 0. The fraction of sp³-hybridized carbons (Fsp3) is 0.643. The second kappa shape index (κ2) is 4.96. The summed E-state index contributed by atoms with van der Waals surface area (Å²) in [7, 11) is 0. The SMILES string of the molecule is CCNC(c1ccc(C)nc1C)C1CCC1. The Morgan fingerprint density at radius 3 is 2.62 bits per heavy atom. The first-order valence-corrected chi connectivity index (χ1v) is 6.40. The molecule has 0 radical (unpaired) electrons. The molecular weight excluding hydrogens is 196 g/mol. The first-order valence-electron chi connectivity index (χ1n) is 6.40. The van der Waals surface area contributed by atoms with E-state index < -0.39 is 0 Å². The van der Waals surface area contributed by atoms with E-state index in [9.17, 15) is 0 Å². The Balaban J connectivity index is 2.23. The highest BCUT2D eigenvalue weighted by Crippen LogP contribution is 2.38. The Morgan fingerprint density at radius 1 is 1.38 bits per heavy atom. The molecule has 1 atom stereocenters. The van der Waals surface area contributed by atoms with Gasteiger partial charge in [0.25, 0.3) is 0 Å². The van der Waals surface area contributed by atoms with Gasteiger partial charge in [0, 0.05) is 17.4 Å². The van der Waals surface area contributed by atoms with Crippen LogP contribution in [0.1, 0.15) is 49.2 Å². The van der Waals surface area contributed by atoms with Crippen LogP contribution in [-0.2, 0) is 0 Å². The maximum absolute atomic E-state index is 4.58. The zero-order valence-corrected chi connectivity index (χ0v) is 10.6. The van der Waals surface area contributed by atoms with Crippen LogP contribution in [0.4, 0.5) is 0 Å². The third kappa shape index (κ3) is 2.27. The molecule has 1 saturated carbocycles. The van der Waals surface area contributed by atoms with Crippen molar-refractivity contribution in [1.29, 1.82) is 0 Å². The van der Waals surface area contributed by atoms with Crippen LogP contribution in [0.5, 0.6) is 0 Å². The van der Waals surface area contributed by atoms with Crippen LogP contribution in [0.15, 0.2) is 12.1 Å². The standard InChI is InChI=1S/C14H22N2/c1-4-15-14(12-6-5-7-12)13-9-8-10(2)16-11(13)3/h8-9,12,14-15H,4-7H2,1-3H3. The molecule has 1 aromatic rings. The van der Waals surface area contributed by atoms with Gasteiger partial charge in [-0.1, -0.05) is 19.4 Å². The molecule has 0 aliphatic heterocycles. The van der Waals surface area contributed by atoms with Crippen LogP contribution in [0.25, 0.3) is 0 Å². The van der Waals surface area contributed by atoms with Gasteiger partial charge < -0.3 is 5.32 Å². The van der Waals surface area contributed by atoms with Crippen molar-refractivity contribution in [3.05, 3.63) is 29.1 Å². The molecule has 2 rings (SSSR count). The Bertz CT molecular complexity index is 356. The molecule has 2 heteroatoms. The van der Waals surface area contributed by atoms with E-state index in [0.717, 1.165) is 18.2 Å². The van der Waals surface area contributed by atoms with Gasteiger partial charge in [0.05, 0.1) is 0 Å². The van der Waals surface area contributed by atoms with Crippen LogP contribution in [0.3, 0.4) is 0 Å². The van der Waals surface area contributed by atoms with Gasteiger partial charge >= 0.3 is 0 Å². The Kier molecular flexibility index (Phi) is 3.59. The largest absolute Gasteiger partial charge is 0.310 e. The number of hydrogen-bond donors (Lipinski definition) is 1. The van der Waals surface area contributed by atoms with Gasteiger partial charge in [-0.05, 0) is 50.8 Å². The molecule has 1 aromatic heterocycles. The summed E-state index contributed by atoms with van der Waals surface area (Å²) in [5.41, 5.74) is 3.71. The molecule has 16 heavy (non-hydrogen) atoms.